The van der Waals surface area contributed by atoms with Crippen LogP contribution in [0.3, 0.4) is 0 Å². The van der Waals surface area contributed by atoms with E-state index in [0.29, 0.717) is 27.2 Å². The fraction of sp³-hybridized carbons (Fsp3) is 0.0556. The van der Waals surface area contributed by atoms with Crippen molar-refractivity contribution < 1.29 is 14.3 Å². The van der Waals surface area contributed by atoms with Crippen LogP contribution in [-0.4, -0.2) is 23.0 Å². The molecule has 3 rings (SSSR count). The van der Waals surface area contributed by atoms with Gasteiger partial charge in [-0.3, -0.25) is 4.79 Å². The zero-order chi connectivity index (χ0) is 17.6. The van der Waals surface area contributed by atoms with Crippen molar-refractivity contribution in [3.05, 3.63) is 71.0 Å². The molecule has 25 heavy (non-hydrogen) atoms. The number of anilines is 1. The van der Waals surface area contributed by atoms with Crippen LogP contribution in [0.4, 0.5) is 5.69 Å². The van der Waals surface area contributed by atoms with E-state index >= 15 is 0 Å². The number of ether oxygens (including phenoxy) is 2. The van der Waals surface area contributed by atoms with Gasteiger partial charge in [-0.25, -0.2) is 9.97 Å². The van der Waals surface area contributed by atoms with Gasteiger partial charge in [-0.15, -0.1) is 0 Å². The second-order valence-corrected chi connectivity index (χ2v) is 5.82. The van der Waals surface area contributed by atoms with Crippen molar-refractivity contribution in [1.29, 1.82) is 0 Å². The zero-order valence-electron chi connectivity index (χ0n) is 13.3. The summed E-state index contributed by atoms with van der Waals surface area (Å²) in [5, 5.41) is 2.74. The van der Waals surface area contributed by atoms with Gasteiger partial charge in [-0.2, -0.15) is 0 Å². The number of nitrogens with zero attached hydrogens (tertiary/aromatic N) is 2. The highest BCUT2D eigenvalue weighted by molar-refractivity contribution is 9.10. The summed E-state index contributed by atoms with van der Waals surface area (Å²) in [6.45, 7) is 0. The molecule has 1 N–H and O–H groups in total. The van der Waals surface area contributed by atoms with Gasteiger partial charge in [-0.05, 0) is 46.3 Å². The molecule has 0 bridgehead atoms. The summed E-state index contributed by atoms with van der Waals surface area (Å²) in [6, 6.07) is 14.6. The molecule has 1 heterocycles. The molecule has 0 radical (unpaired) electrons. The van der Waals surface area contributed by atoms with E-state index < -0.39 is 0 Å². The number of carbonyl (C=O) groups is 1. The summed E-state index contributed by atoms with van der Waals surface area (Å²) in [7, 11) is 1.55. The lowest BCUT2D eigenvalue weighted by Gasteiger charge is -2.09. The number of aromatic nitrogens is 2. The number of halogens is 1. The Hall–Kier alpha value is -2.93. The molecule has 0 aliphatic heterocycles. The van der Waals surface area contributed by atoms with E-state index in [1.54, 1.807) is 37.4 Å². The number of benzene rings is 2. The number of methoxy groups -OCH3 is 1. The molecule has 0 unspecified atom stereocenters. The third kappa shape index (κ3) is 4.33. The van der Waals surface area contributed by atoms with Gasteiger partial charge in [0.1, 0.15) is 11.5 Å². The molecular weight excluding hydrogens is 386 g/mol. The number of amides is 1. The Kier molecular flexibility index (Phi) is 5.25. The number of nitrogens with one attached hydrogen (secondary N) is 1. The number of hydrogen-bond donors (Lipinski definition) is 1. The maximum Gasteiger partial charge on any atom is 0.322 e. The summed E-state index contributed by atoms with van der Waals surface area (Å²) in [5.41, 5.74) is 0.907. The van der Waals surface area contributed by atoms with Crippen LogP contribution < -0.4 is 14.8 Å². The lowest BCUT2D eigenvalue weighted by Crippen LogP contribution is -2.13. The first kappa shape index (κ1) is 16.9. The van der Waals surface area contributed by atoms with E-state index in [-0.39, 0.29) is 11.9 Å². The van der Waals surface area contributed by atoms with Gasteiger partial charge in [0.25, 0.3) is 5.91 Å². The molecule has 0 atom stereocenters. The molecule has 6 nitrogen and oxygen atoms in total. The standard InChI is InChI=1S/C18H14BrN3O3/c1-24-14-7-8-16(19)15(9-14)17(23)22-12-10-20-18(21-11-12)25-13-5-3-2-4-6-13/h2-11H,1H3,(H,22,23). The van der Waals surface area contributed by atoms with Crippen LogP contribution in [0.5, 0.6) is 17.5 Å². The molecular formula is C18H14BrN3O3. The molecule has 2 aromatic carbocycles. The summed E-state index contributed by atoms with van der Waals surface area (Å²) in [5.74, 6) is 0.932. The Labute approximate surface area is 153 Å². The molecule has 1 aromatic heterocycles. The van der Waals surface area contributed by atoms with Crippen LogP contribution >= 0.6 is 15.9 Å². The average Bonchev–Trinajstić information content (AvgIpc) is 2.64. The first-order valence-corrected chi connectivity index (χ1v) is 8.15. The molecule has 0 spiro atoms. The minimum atomic E-state index is -0.300. The Bertz CT molecular complexity index is 870. The maximum absolute atomic E-state index is 12.4. The SMILES string of the molecule is COc1ccc(Br)c(C(=O)Nc2cnc(Oc3ccccc3)nc2)c1. The lowest BCUT2D eigenvalue weighted by atomic mass is 10.2. The number of carbonyl (C=O) groups excluding carboxylic acids is 1. The zero-order valence-corrected chi connectivity index (χ0v) is 14.9. The van der Waals surface area contributed by atoms with Gasteiger partial charge in [0.05, 0.1) is 30.8 Å². The number of hydrogen-bond acceptors (Lipinski definition) is 5. The second kappa shape index (κ2) is 7.76. The smallest absolute Gasteiger partial charge is 0.322 e. The molecule has 7 heteroatoms. The Morgan fingerprint density at radius 2 is 1.76 bits per heavy atom. The van der Waals surface area contributed by atoms with Crippen LogP contribution in [0.1, 0.15) is 10.4 Å². The van der Waals surface area contributed by atoms with Gasteiger partial charge in [0.15, 0.2) is 0 Å². The normalized spacial score (nSPS) is 10.2. The van der Waals surface area contributed by atoms with Gasteiger partial charge in [-0.1, -0.05) is 18.2 Å². The Morgan fingerprint density at radius 3 is 2.44 bits per heavy atom. The predicted octanol–water partition coefficient (Wildman–Crippen LogP) is 4.29. The Morgan fingerprint density at radius 1 is 1.04 bits per heavy atom. The molecule has 3 aromatic rings. The van der Waals surface area contributed by atoms with Crippen LogP contribution in [-0.2, 0) is 0 Å². The highest BCUT2D eigenvalue weighted by Gasteiger charge is 2.12. The van der Waals surface area contributed by atoms with E-state index in [0.717, 1.165) is 0 Å². The summed E-state index contributed by atoms with van der Waals surface area (Å²) in [4.78, 5) is 20.6. The molecule has 0 aliphatic carbocycles. The summed E-state index contributed by atoms with van der Waals surface area (Å²) in [6.07, 6.45) is 2.97. The molecule has 0 aliphatic rings. The molecule has 0 saturated heterocycles. The van der Waals surface area contributed by atoms with Gasteiger partial charge in [0.2, 0.25) is 0 Å². The summed E-state index contributed by atoms with van der Waals surface area (Å²) >= 11 is 3.35. The minimum Gasteiger partial charge on any atom is -0.497 e. The Balaban J connectivity index is 1.70. The van der Waals surface area contributed by atoms with Crippen molar-refractivity contribution in [3.8, 4) is 17.5 Å². The van der Waals surface area contributed by atoms with Crippen molar-refractivity contribution in [2.24, 2.45) is 0 Å². The van der Waals surface area contributed by atoms with Crippen molar-refractivity contribution in [3.63, 3.8) is 0 Å². The number of para-hydroxylation sites is 1. The van der Waals surface area contributed by atoms with Gasteiger partial charge in [0, 0.05) is 4.47 Å². The van der Waals surface area contributed by atoms with E-state index in [1.165, 1.54) is 12.4 Å². The van der Waals surface area contributed by atoms with Crippen molar-refractivity contribution in [1.82, 2.24) is 9.97 Å². The fourth-order valence-corrected chi connectivity index (χ4v) is 2.46. The largest absolute Gasteiger partial charge is 0.497 e. The van der Waals surface area contributed by atoms with Crippen molar-refractivity contribution in [2.45, 2.75) is 0 Å². The van der Waals surface area contributed by atoms with Gasteiger partial charge < -0.3 is 14.8 Å². The predicted molar refractivity (Wildman–Crippen MR) is 97.2 cm³/mol. The topological polar surface area (TPSA) is 73.3 Å². The fourth-order valence-electron chi connectivity index (χ4n) is 2.03. The maximum atomic E-state index is 12.4. The molecule has 0 saturated carbocycles. The summed E-state index contributed by atoms with van der Waals surface area (Å²) < 4.78 is 11.3. The van der Waals surface area contributed by atoms with E-state index in [4.69, 9.17) is 9.47 Å². The first-order chi connectivity index (χ1) is 12.2. The third-order valence-corrected chi connectivity index (χ3v) is 3.95. The lowest BCUT2D eigenvalue weighted by molar-refractivity contribution is 0.102. The second-order valence-electron chi connectivity index (χ2n) is 4.97. The highest BCUT2D eigenvalue weighted by atomic mass is 79.9. The molecule has 1 amide bonds. The van der Waals surface area contributed by atoms with Crippen LogP contribution in [0.15, 0.2) is 65.4 Å². The van der Waals surface area contributed by atoms with Gasteiger partial charge >= 0.3 is 6.01 Å². The number of rotatable bonds is 5. The molecule has 0 fully saturated rings. The molecule has 126 valence electrons. The van der Waals surface area contributed by atoms with E-state index in [9.17, 15) is 4.79 Å². The van der Waals surface area contributed by atoms with Crippen molar-refractivity contribution in [2.75, 3.05) is 12.4 Å². The highest BCUT2D eigenvalue weighted by Crippen LogP contribution is 2.24. The van der Waals surface area contributed by atoms with Crippen LogP contribution in [0.2, 0.25) is 0 Å². The monoisotopic (exact) mass is 399 g/mol. The average molecular weight is 400 g/mol. The minimum absolute atomic E-state index is 0.201. The van der Waals surface area contributed by atoms with Crippen LogP contribution in [0, 0.1) is 0 Å². The van der Waals surface area contributed by atoms with Crippen LogP contribution in [0.25, 0.3) is 0 Å². The first-order valence-electron chi connectivity index (χ1n) is 7.35. The van der Waals surface area contributed by atoms with Crippen molar-refractivity contribution >= 4 is 27.5 Å². The van der Waals surface area contributed by atoms with E-state index in [1.807, 2.05) is 18.2 Å². The third-order valence-electron chi connectivity index (χ3n) is 3.26. The van der Waals surface area contributed by atoms with E-state index in [2.05, 4.69) is 31.2 Å². The quantitative estimate of drug-likeness (QED) is 0.692.